The van der Waals surface area contributed by atoms with Gasteiger partial charge in [-0.15, -0.1) is 0 Å². The predicted octanol–water partition coefficient (Wildman–Crippen LogP) is 5.59. The molecule has 42 heavy (non-hydrogen) atoms. The maximum atomic E-state index is 13.5. The van der Waals surface area contributed by atoms with E-state index in [2.05, 4.69) is 15.6 Å². The molecule has 2 aliphatic rings. The molecule has 220 valence electrons. The first-order valence-electron chi connectivity index (χ1n) is 15.1. The lowest BCUT2D eigenvalue weighted by Gasteiger charge is -2.37. The Hall–Kier alpha value is -4.01. The number of hydrazine groups is 1. The maximum Gasteiger partial charge on any atom is 0.429 e. The van der Waals surface area contributed by atoms with Gasteiger partial charge in [-0.3, -0.25) is 9.59 Å². The summed E-state index contributed by atoms with van der Waals surface area (Å²) in [6, 6.07) is 25.3. The largest absolute Gasteiger partial charge is 0.447 e. The zero-order chi connectivity index (χ0) is 29.1. The van der Waals surface area contributed by atoms with E-state index in [-0.39, 0.29) is 30.8 Å². The van der Waals surface area contributed by atoms with Crippen molar-refractivity contribution in [3.63, 3.8) is 0 Å². The summed E-state index contributed by atoms with van der Waals surface area (Å²) in [5.41, 5.74) is 4.36. The van der Waals surface area contributed by atoms with Crippen molar-refractivity contribution >= 4 is 23.5 Å². The number of piperidine rings is 1. The molecule has 0 aromatic heterocycles. The van der Waals surface area contributed by atoms with Gasteiger partial charge in [0.05, 0.1) is 12.2 Å². The highest BCUT2D eigenvalue weighted by Gasteiger charge is 2.28. The number of nitrogens with zero attached hydrogens (tertiary/aromatic N) is 2. The lowest BCUT2D eigenvalue weighted by atomic mass is 9.85. The van der Waals surface area contributed by atoms with Crippen molar-refractivity contribution in [2.45, 2.75) is 45.1 Å². The van der Waals surface area contributed by atoms with E-state index in [1.807, 2.05) is 66.7 Å². The maximum absolute atomic E-state index is 13.5. The highest BCUT2D eigenvalue weighted by molar-refractivity contribution is 5.97. The highest BCUT2D eigenvalue weighted by Crippen LogP contribution is 2.33. The zero-order valence-electron chi connectivity index (χ0n) is 24.1. The summed E-state index contributed by atoms with van der Waals surface area (Å²) in [6.45, 7) is 2.69. The molecule has 1 aliphatic heterocycles. The van der Waals surface area contributed by atoms with Crippen LogP contribution >= 0.6 is 0 Å². The number of benzene rings is 3. The standard InChI is InChI=1S/C34H40N4O4/c39-32(28-18-16-26(17-19-28)24-36-33(40)29-12-9-13-29)25-35-20-23-42-34(41)38(37-21-7-2-8-22-37)31-15-6-5-14-30(31)27-10-3-1-4-11-27/h1,3-6,10-11,14-19,29,35H,2,7-9,12-13,20-25H2,(H,36,40). The number of nitrogens with one attached hydrogen (secondary N) is 2. The monoisotopic (exact) mass is 568 g/mol. The van der Waals surface area contributed by atoms with Gasteiger partial charge >= 0.3 is 6.09 Å². The number of hydrogen-bond donors (Lipinski definition) is 2. The molecule has 2 N–H and O–H groups in total. The second-order valence-electron chi connectivity index (χ2n) is 11.0. The first kappa shape index (κ1) is 29.5. The normalized spacial score (nSPS) is 15.4. The van der Waals surface area contributed by atoms with Crippen LogP contribution in [-0.2, 0) is 16.1 Å². The summed E-state index contributed by atoms with van der Waals surface area (Å²) in [5.74, 6) is 0.234. The summed E-state index contributed by atoms with van der Waals surface area (Å²) in [4.78, 5) is 38.2. The smallest absolute Gasteiger partial charge is 0.429 e. The Labute approximate surface area is 248 Å². The third-order valence-electron chi connectivity index (χ3n) is 8.01. The van der Waals surface area contributed by atoms with Gasteiger partial charge in [0.15, 0.2) is 5.78 Å². The number of amides is 2. The molecular weight excluding hydrogens is 528 g/mol. The minimum atomic E-state index is -0.423. The van der Waals surface area contributed by atoms with Gasteiger partial charge < -0.3 is 15.4 Å². The molecule has 0 atom stereocenters. The predicted molar refractivity (Wildman–Crippen MR) is 164 cm³/mol. The molecule has 8 heteroatoms. The van der Waals surface area contributed by atoms with Crippen LogP contribution in [0.1, 0.15) is 54.4 Å². The summed E-state index contributed by atoms with van der Waals surface area (Å²) in [6.07, 6.45) is 5.86. The van der Waals surface area contributed by atoms with Crippen LogP contribution in [0.4, 0.5) is 10.5 Å². The van der Waals surface area contributed by atoms with E-state index in [1.165, 1.54) is 0 Å². The number of ether oxygens (including phenoxy) is 1. The van der Waals surface area contributed by atoms with Crippen molar-refractivity contribution in [2.24, 2.45) is 5.92 Å². The number of carbonyl (C=O) groups is 3. The number of hydrogen-bond acceptors (Lipinski definition) is 6. The van der Waals surface area contributed by atoms with E-state index in [0.717, 1.165) is 74.0 Å². The van der Waals surface area contributed by atoms with Crippen molar-refractivity contribution < 1.29 is 19.1 Å². The van der Waals surface area contributed by atoms with Crippen LogP contribution in [0.5, 0.6) is 0 Å². The van der Waals surface area contributed by atoms with E-state index in [0.29, 0.717) is 18.7 Å². The Balaban J connectivity index is 1.12. The fraction of sp³-hybridized carbons (Fsp3) is 0.382. The molecule has 2 fully saturated rings. The molecule has 0 bridgehead atoms. The second kappa shape index (κ2) is 14.8. The lowest BCUT2D eigenvalue weighted by Crippen LogP contribution is -2.50. The van der Waals surface area contributed by atoms with Crippen molar-refractivity contribution in [3.05, 3.63) is 90.0 Å². The van der Waals surface area contributed by atoms with Crippen molar-refractivity contribution in [3.8, 4) is 11.1 Å². The van der Waals surface area contributed by atoms with Gasteiger partial charge in [0.2, 0.25) is 5.91 Å². The van der Waals surface area contributed by atoms with E-state index in [9.17, 15) is 14.4 Å². The molecule has 5 rings (SSSR count). The van der Waals surface area contributed by atoms with Gasteiger partial charge in [-0.1, -0.05) is 85.6 Å². The van der Waals surface area contributed by atoms with Gasteiger partial charge in [-0.2, -0.15) is 0 Å². The summed E-state index contributed by atoms with van der Waals surface area (Å²) >= 11 is 0. The SMILES string of the molecule is O=C(CNCCOC(=O)N(c1ccccc1-c1ccccc1)N1CCCCC1)c1ccc(CNC(=O)C2CCC2)cc1. The summed E-state index contributed by atoms with van der Waals surface area (Å²) < 4.78 is 5.72. The third kappa shape index (κ3) is 7.63. The Morgan fingerprint density at radius 3 is 2.26 bits per heavy atom. The second-order valence-corrected chi connectivity index (χ2v) is 11.0. The molecule has 0 unspecified atom stereocenters. The van der Waals surface area contributed by atoms with Crippen LogP contribution in [-0.4, -0.2) is 55.6 Å². The highest BCUT2D eigenvalue weighted by atomic mass is 16.6. The van der Waals surface area contributed by atoms with Crippen LogP contribution in [0, 0.1) is 5.92 Å². The molecule has 0 radical (unpaired) electrons. The Morgan fingerprint density at radius 1 is 0.833 bits per heavy atom. The van der Waals surface area contributed by atoms with Crippen LogP contribution in [0.25, 0.3) is 11.1 Å². The van der Waals surface area contributed by atoms with Crippen LogP contribution in [0.2, 0.25) is 0 Å². The Morgan fingerprint density at radius 2 is 1.55 bits per heavy atom. The van der Waals surface area contributed by atoms with Gasteiger partial charge in [0.1, 0.15) is 6.61 Å². The molecule has 1 saturated carbocycles. The lowest BCUT2D eigenvalue weighted by molar-refractivity contribution is -0.127. The molecular formula is C34H40N4O4. The van der Waals surface area contributed by atoms with Crippen LogP contribution < -0.4 is 15.6 Å². The summed E-state index contributed by atoms with van der Waals surface area (Å²) in [5, 5.41) is 9.83. The quantitative estimate of drug-likeness (QED) is 0.219. The first-order chi connectivity index (χ1) is 20.6. The van der Waals surface area contributed by atoms with Crippen molar-refractivity contribution in [2.75, 3.05) is 37.8 Å². The van der Waals surface area contributed by atoms with Gasteiger partial charge in [-0.25, -0.2) is 14.8 Å². The average Bonchev–Trinajstić information content (AvgIpc) is 3.00. The zero-order valence-corrected chi connectivity index (χ0v) is 24.1. The molecule has 3 aromatic carbocycles. The minimum absolute atomic E-state index is 0.0434. The van der Waals surface area contributed by atoms with Crippen molar-refractivity contribution in [1.29, 1.82) is 0 Å². The number of para-hydroxylation sites is 1. The minimum Gasteiger partial charge on any atom is -0.447 e. The van der Waals surface area contributed by atoms with Gasteiger partial charge in [-0.05, 0) is 42.9 Å². The summed E-state index contributed by atoms with van der Waals surface area (Å²) in [7, 11) is 0. The fourth-order valence-corrected chi connectivity index (χ4v) is 5.35. The van der Waals surface area contributed by atoms with Crippen LogP contribution in [0.3, 0.4) is 0 Å². The van der Waals surface area contributed by atoms with E-state index < -0.39 is 6.09 Å². The molecule has 1 saturated heterocycles. The molecule has 1 aliphatic carbocycles. The molecule has 1 heterocycles. The van der Waals surface area contributed by atoms with E-state index in [4.69, 9.17) is 4.74 Å². The van der Waals surface area contributed by atoms with Crippen molar-refractivity contribution in [1.82, 2.24) is 15.6 Å². The molecule has 2 amide bonds. The molecule has 8 nitrogen and oxygen atoms in total. The van der Waals surface area contributed by atoms with E-state index in [1.54, 1.807) is 17.1 Å². The van der Waals surface area contributed by atoms with Crippen LogP contribution in [0.15, 0.2) is 78.9 Å². The number of carbonyl (C=O) groups excluding carboxylic acids is 3. The number of anilines is 1. The average molecular weight is 569 g/mol. The Bertz CT molecular complexity index is 1340. The Kier molecular flexibility index (Phi) is 10.4. The number of Topliss-reactive ketones (excluding diaryl/α,β-unsaturated/α-hetero) is 1. The molecule has 0 spiro atoms. The number of ketones is 1. The van der Waals surface area contributed by atoms with Gasteiger partial charge in [0, 0.05) is 43.2 Å². The van der Waals surface area contributed by atoms with Gasteiger partial charge in [0.25, 0.3) is 0 Å². The first-order valence-corrected chi connectivity index (χ1v) is 15.1. The van der Waals surface area contributed by atoms with E-state index >= 15 is 0 Å². The molecule has 3 aromatic rings. The topological polar surface area (TPSA) is 91.0 Å². The fourth-order valence-electron chi connectivity index (χ4n) is 5.35. The third-order valence-corrected chi connectivity index (χ3v) is 8.01. The number of rotatable bonds is 12.